The third kappa shape index (κ3) is 3.40. The Hall–Kier alpha value is -1.29. The van der Waals surface area contributed by atoms with E-state index in [0.29, 0.717) is 13.1 Å². The van der Waals surface area contributed by atoms with Gasteiger partial charge in [-0.1, -0.05) is 0 Å². The van der Waals surface area contributed by atoms with E-state index in [-0.39, 0.29) is 5.91 Å². The lowest BCUT2D eigenvalue weighted by atomic mass is 9.93. The third-order valence-corrected chi connectivity index (χ3v) is 2.45. The molecule has 0 aliphatic carbocycles. The van der Waals surface area contributed by atoms with Crippen LogP contribution in [-0.2, 0) is 11.3 Å². The van der Waals surface area contributed by atoms with Crippen molar-refractivity contribution in [1.29, 1.82) is 0 Å². The Balaban J connectivity index is 2.29. The highest BCUT2D eigenvalue weighted by molar-refractivity contribution is 5.81. The van der Waals surface area contributed by atoms with Crippen molar-refractivity contribution >= 4 is 5.91 Å². The molecule has 0 aliphatic rings. The average molecular weight is 209 g/mol. The van der Waals surface area contributed by atoms with Gasteiger partial charge in [0, 0.05) is 32.0 Å². The van der Waals surface area contributed by atoms with Gasteiger partial charge < -0.3 is 15.6 Å². The number of carbonyl (C=O) groups is 1. The van der Waals surface area contributed by atoms with Crippen molar-refractivity contribution in [2.45, 2.75) is 20.4 Å². The summed E-state index contributed by atoms with van der Waals surface area (Å²) in [5.74, 6) is 0.0113. The van der Waals surface area contributed by atoms with E-state index < -0.39 is 5.41 Å². The molecular weight excluding hydrogens is 190 g/mol. The summed E-state index contributed by atoms with van der Waals surface area (Å²) >= 11 is 0. The summed E-state index contributed by atoms with van der Waals surface area (Å²) in [6.45, 7) is 5.48. The molecule has 4 heteroatoms. The topological polar surface area (TPSA) is 60.1 Å². The summed E-state index contributed by atoms with van der Waals surface area (Å²) < 4.78 is 2.02. The molecule has 0 radical (unpaired) electrons. The minimum atomic E-state index is -0.476. The highest BCUT2D eigenvalue weighted by Crippen LogP contribution is 2.11. The lowest BCUT2D eigenvalue weighted by Gasteiger charge is -2.21. The van der Waals surface area contributed by atoms with Crippen molar-refractivity contribution in [3.05, 3.63) is 24.5 Å². The number of nitrogens with one attached hydrogen (secondary N) is 1. The summed E-state index contributed by atoms with van der Waals surface area (Å²) in [6.07, 6.45) is 3.94. The molecule has 1 aromatic rings. The van der Waals surface area contributed by atoms with Gasteiger partial charge in [-0.15, -0.1) is 0 Å². The molecule has 1 rings (SSSR count). The van der Waals surface area contributed by atoms with Gasteiger partial charge in [0.15, 0.2) is 0 Å². The number of rotatable bonds is 5. The van der Waals surface area contributed by atoms with Gasteiger partial charge in [0.2, 0.25) is 5.91 Å². The van der Waals surface area contributed by atoms with Crippen molar-refractivity contribution in [1.82, 2.24) is 9.88 Å². The summed E-state index contributed by atoms with van der Waals surface area (Å²) in [4.78, 5) is 11.6. The number of carbonyl (C=O) groups excluding carboxylic acids is 1. The Morgan fingerprint density at radius 1 is 1.40 bits per heavy atom. The van der Waals surface area contributed by atoms with E-state index >= 15 is 0 Å². The van der Waals surface area contributed by atoms with Gasteiger partial charge in [-0.05, 0) is 26.0 Å². The van der Waals surface area contributed by atoms with Gasteiger partial charge >= 0.3 is 0 Å². The summed E-state index contributed by atoms with van der Waals surface area (Å²) in [6, 6.07) is 3.93. The zero-order valence-corrected chi connectivity index (χ0v) is 9.36. The van der Waals surface area contributed by atoms with E-state index in [4.69, 9.17) is 5.73 Å². The molecule has 0 saturated carbocycles. The fourth-order valence-corrected chi connectivity index (χ4v) is 1.15. The van der Waals surface area contributed by atoms with Crippen LogP contribution in [0.5, 0.6) is 0 Å². The van der Waals surface area contributed by atoms with Crippen LogP contribution in [0.3, 0.4) is 0 Å². The summed E-state index contributed by atoms with van der Waals surface area (Å²) in [5, 5.41) is 2.87. The zero-order valence-electron chi connectivity index (χ0n) is 9.36. The predicted octanol–water partition coefficient (Wildman–Crippen LogP) is 0.589. The monoisotopic (exact) mass is 209 g/mol. The van der Waals surface area contributed by atoms with Crippen LogP contribution in [0.2, 0.25) is 0 Å². The Labute approximate surface area is 90.5 Å². The van der Waals surface area contributed by atoms with Gasteiger partial charge in [0.05, 0.1) is 5.41 Å². The number of nitrogens with zero attached hydrogens (tertiary/aromatic N) is 1. The molecule has 1 amide bonds. The molecule has 0 atom stereocenters. The van der Waals surface area contributed by atoms with Gasteiger partial charge in [-0.2, -0.15) is 0 Å². The van der Waals surface area contributed by atoms with Crippen molar-refractivity contribution in [2.75, 3.05) is 13.1 Å². The van der Waals surface area contributed by atoms with Crippen LogP contribution >= 0.6 is 0 Å². The Bertz CT molecular complexity index is 304. The van der Waals surface area contributed by atoms with Crippen molar-refractivity contribution in [2.24, 2.45) is 11.1 Å². The van der Waals surface area contributed by atoms with Crippen molar-refractivity contribution in [3.8, 4) is 0 Å². The molecule has 4 nitrogen and oxygen atoms in total. The molecule has 1 heterocycles. The summed E-state index contributed by atoms with van der Waals surface area (Å²) in [7, 11) is 0. The molecule has 0 fully saturated rings. The van der Waals surface area contributed by atoms with E-state index in [1.807, 2.05) is 42.9 Å². The quantitative estimate of drug-likeness (QED) is 0.745. The SMILES string of the molecule is CC(C)(CN)C(=O)NCCn1cccc1. The fourth-order valence-electron chi connectivity index (χ4n) is 1.15. The van der Waals surface area contributed by atoms with Gasteiger partial charge in [0.1, 0.15) is 0 Å². The lowest BCUT2D eigenvalue weighted by molar-refractivity contribution is -0.128. The molecule has 84 valence electrons. The van der Waals surface area contributed by atoms with Crippen molar-refractivity contribution < 1.29 is 4.79 Å². The smallest absolute Gasteiger partial charge is 0.226 e. The van der Waals surface area contributed by atoms with E-state index in [1.54, 1.807) is 0 Å². The summed E-state index contributed by atoms with van der Waals surface area (Å²) in [5.41, 5.74) is 5.03. The van der Waals surface area contributed by atoms with Crippen LogP contribution in [0.15, 0.2) is 24.5 Å². The lowest BCUT2D eigenvalue weighted by Crippen LogP contribution is -2.42. The second-order valence-corrected chi connectivity index (χ2v) is 4.26. The minimum Gasteiger partial charge on any atom is -0.354 e. The molecule has 0 aromatic carbocycles. The maximum atomic E-state index is 11.6. The average Bonchev–Trinajstić information content (AvgIpc) is 2.70. The number of amides is 1. The number of nitrogens with two attached hydrogens (primary N) is 1. The van der Waals surface area contributed by atoms with Crippen LogP contribution in [-0.4, -0.2) is 23.6 Å². The normalized spacial score (nSPS) is 11.4. The fraction of sp³-hybridized carbons (Fsp3) is 0.545. The standard InChI is InChI=1S/C11H19N3O/c1-11(2,9-12)10(15)13-5-8-14-6-3-4-7-14/h3-4,6-7H,5,8-9,12H2,1-2H3,(H,13,15). The van der Waals surface area contributed by atoms with Crippen LogP contribution in [0.4, 0.5) is 0 Å². The first kappa shape index (κ1) is 11.8. The van der Waals surface area contributed by atoms with E-state index in [1.165, 1.54) is 0 Å². The number of hydrogen-bond acceptors (Lipinski definition) is 2. The second kappa shape index (κ2) is 4.98. The third-order valence-electron chi connectivity index (χ3n) is 2.45. The first-order chi connectivity index (χ1) is 7.06. The van der Waals surface area contributed by atoms with Gasteiger partial charge in [-0.25, -0.2) is 0 Å². The van der Waals surface area contributed by atoms with Gasteiger partial charge in [-0.3, -0.25) is 4.79 Å². The maximum Gasteiger partial charge on any atom is 0.226 e. The molecule has 0 aliphatic heterocycles. The van der Waals surface area contributed by atoms with Crippen molar-refractivity contribution in [3.63, 3.8) is 0 Å². The van der Waals surface area contributed by atoms with Crippen LogP contribution in [0, 0.1) is 5.41 Å². The first-order valence-electron chi connectivity index (χ1n) is 5.15. The van der Waals surface area contributed by atoms with E-state index in [0.717, 1.165) is 6.54 Å². The number of hydrogen-bond donors (Lipinski definition) is 2. The molecule has 0 spiro atoms. The van der Waals surface area contributed by atoms with Gasteiger partial charge in [0.25, 0.3) is 0 Å². The zero-order chi connectivity index (χ0) is 11.3. The van der Waals surface area contributed by atoms with Crippen LogP contribution < -0.4 is 11.1 Å². The predicted molar refractivity (Wildman–Crippen MR) is 60.3 cm³/mol. The highest BCUT2D eigenvalue weighted by Gasteiger charge is 2.24. The van der Waals surface area contributed by atoms with Crippen LogP contribution in [0.25, 0.3) is 0 Å². The highest BCUT2D eigenvalue weighted by atomic mass is 16.2. The maximum absolute atomic E-state index is 11.6. The Morgan fingerprint density at radius 3 is 2.53 bits per heavy atom. The molecule has 0 bridgehead atoms. The molecule has 1 aromatic heterocycles. The Morgan fingerprint density at radius 2 is 2.00 bits per heavy atom. The van der Waals surface area contributed by atoms with Crippen LogP contribution in [0.1, 0.15) is 13.8 Å². The second-order valence-electron chi connectivity index (χ2n) is 4.26. The molecule has 15 heavy (non-hydrogen) atoms. The first-order valence-corrected chi connectivity index (χ1v) is 5.15. The minimum absolute atomic E-state index is 0.0113. The van der Waals surface area contributed by atoms with E-state index in [2.05, 4.69) is 5.32 Å². The molecular formula is C11H19N3O. The Kier molecular flexibility index (Phi) is 3.91. The number of aromatic nitrogens is 1. The molecule has 0 unspecified atom stereocenters. The molecule has 0 saturated heterocycles. The molecule has 3 N–H and O–H groups in total. The largest absolute Gasteiger partial charge is 0.354 e. The van der Waals surface area contributed by atoms with E-state index in [9.17, 15) is 4.79 Å².